The molecular formula is C15H21ClN2O2. The first-order chi connectivity index (χ1) is 9.58. The first-order valence-electron chi connectivity index (χ1n) is 6.90. The van der Waals surface area contributed by atoms with Crippen molar-refractivity contribution in [3.8, 4) is 0 Å². The first kappa shape index (κ1) is 16.5. The summed E-state index contributed by atoms with van der Waals surface area (Å²) in [4.78, 5) is 23.5. The molecule has 110 valence electrons. The lowest BCUT2D eigenvalue weighted by Gasteiger charge is -2.13. The smallest absolute Gasteiger partial charge is 0.251 e. The van der Waals surface area contributed by atoms with Crippen molar-refractivity contribution in [1.29, 1.82) is 0 Å². The van der Waals surface area contributed by atoms with Crippen LogP contribution in [0.3, 0.4) is 0 Å². The van der Waals surface area contributed by atoms with E-state index in [0.29, 0.717) is 23.7 Å². The van der Waals surface area contributed by atoms with E-state index in [2.05, 4.69) is 10.6 Å². The highest BCUT2D eigenvalue weighted by Gasteiger charge is 2.13. The molecule has 0 aliphatic heterocycles. The number of amides is 2. The van der Waals surface area contributed by atoms with Crippen LogP contribution in [0, 0.1) is 5.92 Å². The molecular weight excluding hydrogens is 276 g/mol. The normalized spacial score (nSPS) is 10.4. The van der Waals surface area contributed by atoms with E-state index in [1.54, 1.807) is 24.3 Å². The Morgan fingerprint density at radius 3 is 2.40 bits per heavy atom. The number of hydrogen-bond acceptors (Lipinski definition) is 2. The Labute approximate surface area is 124 Å². The molecule has 0 spiro atoms. The van der Waals surface area contributed by atoms with E-state index in [4.69, 9.17) is 11.6 Å². The zero-order valence-electron chi connectivity index (χ0n) is 11.9. The Bertz CT molecular complexity index is 459. The number of benzene rings is 1. The van der Waals surface area contributed by atoms with Gasteiger partial charge in [-0.3, -0.25) is 9.59 Å². The van der Waals surface area contributed by atoms with Crippen molar-refractivity contribution in [3.05, 3.63) is 34.9 Å². The van der Waals surface area contributed by atoms with E-state index in [1.807, 2.05) is 13.8 Å². The predicted octanol–water partition coefficient (Wildman–Crippen LogP) is 2.62. The molecule has 0 saturated heterocycles. The topological polar surface area (TPSA) is 58.2 Å². The lowest BCUT2D eigenvalue weighted by Crippen LogP contribution is -2.37. The molecule has 0 aromatic heterocycles. The Hall–Kier alpha value is -1.55. The van der Waals surface area contributed by atoms with Gasteiger partial charge in [-0.2, -0.15) is 0 Å². The number of carbonyl (C=O) groups is 2. The van der Waals surface area contributed by atoms with Gasteiger partial charge in [0, 0.05) is 29.6 Å². The maximum atomic E-state index is 11.8. The highest BCUT2D eigenvalue weighted by molar-refractivity contribution is 6.30. The molecule has 2 N–H and O–H groups in total. The molecule has 5 heteroatoms. The van der Waals surface area contributed by atoms with Crippen molar-refractivity contribution in [2.45, 2.75) is 26.7 Å². The average molecular weight is 297 g/mol. The van der Waals surface area contributed by atoms with Crippen LogP contribution >= 0.6 is 11.6 Å². The monoisotopic (exact) mass is 296 g/mol. The number of rotatable bonds is 7. The standard InChI is InChI=1S/C15H21ClN2O2/c1-3-11(4-2)14(19)17-8-9-18-15(20)12-6-5-7-13(16)10-12/h5-7,10-11H,3-4,8-9H2,1-2H3,(H,17,19)(H,18,20). The van der Waals surface area contributed by atoms with Crippen LogP contribution in [-0.2, 0) is 4.79 Å². The fourth-order valence-corrected chi connectivity index (χ4v) is 2.09. The van der Waals surface area contributed by atoms with Crippen molar-refractivity contribution in [3.63, 3.8) is 0 Å². The zero-order chi connectivity index (χ0) is 15.0. The van der Waals surface area contributed by atoms with Crippen LogP contribution in [-0.4, -0.2) is 24.9 Å². The van der Waals surface area contributed by atoms with Crippen LogP contribution in [0.5, 0.6) is 0 Å². The second kappa shape index (κ2) is 8.59. The van der Waals surface area contributed by atoms with Crippen LogP contribution < -0.4 is 10.6 Å². The molecule has 0 saturated carbocycles. The van der Waals surface area contributed by atoms with Gasteiger partial charge >= 0.3 is 0 Å². The van der Waals surface area contributed by atoms with Gasteiger partial charge in [0.05, 0.1) is 0 Å². The van der Waals surface area contributed by atoms with Crippen LogP contribution in [0.25, 0.3) is 0 Å². The van der Waals surface area contributed by atoms with Gasteiger partial charge in [-0.05, 0) is 31.0 Å². The summed E-state index contributed by atoms with van der Waals surface area (Å²) >= 11 is 5.82. The summed E-state index contributed by atoms with van der Waals surface area (Å²) in [6, 6.07) is 6.75. The van der Waals surface area contributed by atoms with Crippen molar-refractivity contribution < 1.29 is 9.59 Å². The molecule has 0 radical (unpaired) electrons. The van der Waals surface area contributed by atoms with E-state index in [1.165, 1.54) is 0 Å². The molecule has 2 amide bonds. The second-order valence-electron chi connectivity index (χ2n) is 4.57. The van der Waals surface area contributed by atoms with E-state index in [-0.39, 0.29) is 17.7 Å². The van der Waals surface area contributed by atoms with E-state index in [9.17, 15) is 9.59 Å². The Morgan fingerprint density at radius 1 is 1.15 bits per heavy atom. The molecule has 0 heterocycles. The lowest BCUT2D eigenvalue weighted by molar-refractivity contribution is -0.125. The summed E-state index contributed by atoms with van der Waals surface area (Å²) < 4.78 is 0. The van der Waals surface area contributed by atoms with Gasteiger partial charge in [0.25, 0.3) is 5.91 Å². The predicted molar refractivity (Wildman–Crippen MR) is 80.9 cm³/mol. The Kier molecular flexibility index (Phi) is 7.09. The molecule has 20 heavy (non-hydrogen) atoms. The van der Waals surface area contributed by atoms with E-state index < -0.39 is 0 Å². The lowest BCUT2D eigenvalue weighted by atomic mass is 10.0. The van der Waals surface area contributed by atoms with Crippen molar-refractivity contribution in [2.24, 2.45) is 5.92 Å². The molecule has 0 aliphatic carbocycles. The van der Waals surface area contributed by atoms with Crippen LogP contribution in [0.4, 0.5) is 0 Å². The summed E-state index contributed by atoms with van der Waals surface area (Å²) in [5.74, 6) is -0.0880. The zero-order valence-corrected chi connectivity index (χ0v) is 12.7. The van der Waals surface area contributed by atoms with Crippen molar-refractivity contribution >= 4 is 23.4 Å². The minimum atomic E-state index is -0.190. The van der Waals surface area contributed by atoms with Crippen LogP contribution in [0.15, 0.2) is 24.3 Å². The molecule has 0 aliphatic rings. The van der Waals surface area contributed by atoms with E-state index >= 15 is 0 Å². The molecule has 0 fully saturated rings. The summed E-state index contributed by atoms with van der Waals surface area (Å²) in [5, 5.41) is 6.09. The molecule has 0 atom stereocenters. The van der Waals surface area contributed by atoms with Gasteiger partial charge in [0.2, 0.25) is 5.91 Å². The summed E-state index contributed by atoms with van der Waals surface area (Å²) in [6.07, 6.45) is 1.66. The summed E-state index contributed by atoms with van der Waals surface area (Å²) in [6.45, 7) is 4.82. The maximum Gasteiger partial charge on any atom is 0.251 e. The first-order valence-corrected chi connectivity index (χ1v) is 7.27. The number of halogens is 1. The SMILES string of the molecule is CCC(CC)C(=O)NCCNC(=O)c1cccc(Cl)c1. The highest BCUT2D eigenvalue weighted by atomic mass is 35.5. The summed E-state index contributed by atoms with van der Waals surface area (Å²) in [7, 11) is 0. The largest absolute Gasteiger partial charge is 0.354 e. The van der Waals surface area contributed by atoms with E-state index in [0.717, 1.165) is 12.8 Å². The van der Waals surface area contributed by atoms with Gasteiger partial charge in [-0.15, -0.1) is 0 Å². The van der Waals surface area contributed by atoms with Crippen LogP contribution in [0.2, 0.25) is 5.02 Å². The number of hydrogen-bond donors (Lipinski definition) is 2. The van der Waals surface area contributed by atoms with Crippen LogP contribution in [0.1, 0.15) is 37.0 Å². The molecule has 1 rings (SSSR count). The quantitative estimate of drug-likeness (QED) is 0.760. The number of carbonyl (C=O) groups excluding carboxylic acids is 2. The molecule has 1 aromatic rings. The fourth-order valence-electron chi connectivity index (χ4n) is 1.90. The third-order valence-corrected chi connectivity index (χ3v) is 3.39. The van der Waals surface area contributed by atoms with Gasteiger partial charge in [0.15, 0.2) is 0 Å². The number of nitrogens with one attached hydrogen (secondary N) is 2. The Balaban J connectivity index is 2.31. The van der Waals surface area contributed by atoms with Gasteiger partial charge < -0.3 is 10.6 Å². The Morgan fingerprint density at radius 2 is 1.80 bits per heavy atom. The third-order valence-electron chi connectivity index (χ3n) is 3.15. The summed E-state index contributed by atoms with van der Waals surface area (Å²) in [5.41, 5.74) is 0.517. The molecule has 0 unspecified atom stereocenters. The average Bonchev–Trinajstić information content (AvgIpc) is 2.44. The van der Waals surface area contributed by atoms with Crippen molar-refractivity contribution in [1.82, 2.24) is 10.6 Å². The minimum absolute atomic E-state index is 0.0482. The third kappa shape index (κ3) is 5.21. The molecule has 1 aromatic carbocycles. The van der Waals surface area contributed by atoms with Gasteiger partial charge in [0.1, 0.15) is 0 Å². The maximum absolute atomic E-state index is 11.8. The van der Waals surface area contributed by atoms with Crippen molar-refractivity contribution in [2.75, 3.05) is 13.1 Å². The van der Waals surface area contributed by atoms with Gasteiger partial charge in [-0.25, -0.2) is 0 Å². The molecule has 4 nitrogen and oxygen atoms in total. The second-order valence-corrected chi connectivity index (χ2v) is 5.01. The fraction of sp³-hybridized carbons (Fsp3) is 0.467. The minimum Gasteiger partial charge on any atom is -0.354 e. The van der Waals surface area contributed by atoms with Gasteiger partial charge in [-0.1, -0.05) is 31.5 Å². The highest BCUT2D eigenvalue weighted by Crippen LogP contribution is 2.10. The molecule has 0 bridgehead atoms.